The highest BCUT2D eigenvalue weighted by Gasteiger charge is 2.25. The Morgan fingerprint density at radius 3 is 2.38 bits per heavy atom. The summed E-state index contributed by atoms with van der Waals surface area (Å²) in [6.45, 7) is 2.13. The zero-order valence-electron chi connectivity index (χ0n) is 7.34. The Balaban J connectivity index is 3.01. The molecule has 0 unspecified atom stereocenters. The van der Waals surface area contributed by atoms with E-state index in [9.17, 15) is 13.6 Å². The van der Waals surface area contributed by atoms with Gasteiger partial charge in [0.1, 0.15) is 5.69 Å². The van der Waals surface area contributed by atoms with Crippen LogP contribution in [0.5, 0.6) is 0 Å². The highest BCUT2D eigenvalue weighted by molar-refractivity contribution is 5.93. The molecule has 0 saturated heterocycles. The van der Waals surface area contributed by atoms with E-state index in [0.717, 1.165) is 19.2 Å². The monoisotopic (exact) mass is 185 g/mol. The lowest BCUT2D eigenvalue weighted by Crippen LogP contribution is -2.10. The standard InChI is InChI=1S/C9H9F2NO/c1-6(13)7-3-4-8(12-5-7)9(2,10)11/h3-5H,1-2H3. The van der Waals surface area contributed by atoms with Crippen molar-refractivity contribution < 1.29 is 13.6 Å². The summed E-state index contributed by atoms with van der Waals surface area (Å²) in [5.74, 6) is -3.13. The van der Waals surface area contributed by atoms with E-state index in [4.69, 9.17) is 0 Å². The number of rotatable bonds is 2. The molecule has 0 aliphatic rings. The molecular formula is C9H9F2NO. The number of pyridine rings is 1. The largest absolute Gasteiger partial charge is 0.294 e. The number of hydrogen-bond acceptors (Lipinski definition) is 2. The third kappa shape index (κ3) is 2.31. The fourth-order valence-corrected chi connectivity index (χ4v) is 0.862. The van der Waals surface area contributed by atoms with Crippen LogP contribution >= 0.6 is 0 Å². The summed E-state index contributed by atoms with van der Waals surface area (Å²) in [4.78, 5) is 14.3. The number of hydrogen-bond donors (Lipinski definition) is 0. The number of alkyl halides is 2. The Bertz CT molecular complexity index is 313. The molecule has 4 heteroatoms. The van der Waals surface area contributed by atoms with Crippen LogP contribution in [0.1, 0.15) is 29.9 Å². The van der Waals surface area contributed by atoms with Gasteiger partial charge in [-0.25, -0.2) is 0 Å². The maximum absolute atomic E-state index is 12.6. The minimum atomic E-state index is -2.95. The fraction of sp³-hybridized carbons (Fsp3) is 0.333. The van der Waals surface area contributed by atoms with Crippen molar-refractivity contribution in [2.45, 2.75) is 19.8 Å². The minimum absolute atomic E-state index is 0.182. The molecule has 0 aliphatic carbocycles. The summed E-state index contributed by atoms with van der Waals surface area (Å²) in [5, 5.41) is 0. The maximum Gasteiger partial charge on any atom is 0.286 e. The van der Waals surface area contributed by atoms with Gasteiger partial charge in [0.05, 0.1) is 0 Å². The van der Waals surface area contributed by atoms with Crippen molar-refractivity contribution in [3.05, 3.63) is 29.6 Å². The lowest BCUT2D eigenvalue weighted by Gasteiger charge is -2.08. The summed E-state index contributed by atoms with van der Waals surface area (Å²) >= 11 is 0. The fourth-order valence-electron chi connectivity index (χ4n) is 0.862. The second-order valence-corrected chi connectivity index (χ2v) is 2.88. The van der Waals surface area contributed by atoms with Gasteiger partial charge in [0.2, 0.25) is 0 Å². The van der Waals surface area contributed by atoms with Crippen LogP contribution in [-0.2, 0) is 5.92 Å². The second kappa shape index (κ2) is 3.20. The van der Waals surface area contributed by atoms with Gasteiger partial charge in [-0.15, -0.1) is 0 Å². The summed E-state index contributed by atoms with van der Waals surface area (Å²) in [6.07, 6.45) is 1.16. The first-order valence-corrected chi connectivity index (χ1v) is 3.76. The van der Waals surface area contributed by atoms with E-state index in [2.05, 4.69) is 4.98 Å². The van der Waals surface area contributed by atoms with E-state index < -0.39 is 5.92 Å². The van der Waals surface area contributed by atoms with Crippen LogP contribution in [0.4, 0.5) is 8.78 Å². The molecule has 0 atom stereocenters. The minimum Gasteiger partial charge on any atom is -0.294 e. The van der Waals surface area contributed by atoms with Crippen molar-refractivity contribution in [1.82, 2.24) is 4.98 Å². The molecule has 70 valence electrons. The molecule has 2 nitrogen and oxygen atoms in total. The van der Waals surface area contributed by atoms with Crippen molar-refractivity contribution in [3.63, 3.8) is 0 Å². The summed E-state index contributed by atoms with van der Waals surface area (Å²) < 4.78 is 25.3. The molecule has 1 rings (SSSR count). The summed E-state index contributed by atoms with van der Waals surface area (Å²) in [6, 6.07) is 2.51. The van der Waals surface area contributed by atoms with Gasteiger partial charge in [-0.3, -0.25) is 9.78 Å². The first kappa shape index (κ1) is 9.77. The first-order chi connectivity index (χ1) is 5.91. The maximum atomic E-state index is 12.6. The predicted molar refractivity (Wildman–Crippen MR) is 43.8 cm³/mol. The number of carbonyl (C=O) groups is 1. The van der Waals surface area contributed by atoms with E-state index in [1.807, 2.05) is 0 Å². The predicted octanol–water partition coefficient (Wildman–Crippen LogP) is 2.40. The third-order valence-electron chi connectivity index (χ3n) is 1.62. The zero-order chi connectivity index (χ0) is 10.1. The van der Waals surface area contributed by atoms with Gasteiger partial charge in [-0.2, -0.15) is 8.78 Å². The van der Waals surface area contributed by atoms with Gasteiger partial charge in [-0.05, 0) is 19.1 Å². The number of carbonyl (C=O) groups excluding carboxylic acids is 1. The number of halogens is 2. The molecule has 0 radical (unpaired) electrons. The molecule has 0 fully saturated rings. The van der Waals surface area contributed by atoms with E-state index in [1.54, 1.807) is 0 Å². The van der Waals surface area contributed by atoms with Gasteiger partial charge in [0, 0.05) is 18.7 Å². The molecule has 0 N–H and O–H groups in total. The van der Waals surface area contributed by atoms with Gasteiger partial charge >= 0.3 is 0 Å². The molecule has 0 spiro atoms. The second-order valence-electron chi connectivity index (χ2n) is 2.88. The smallest absolute Gasteiger partial charge is 0.286 e. The number of ketones is 1. The summed E-state index contributed by atoms with van der Waals surface area (Å²) in [5.41, 5.74) is 0.0190. The van der Waals surface area contributed by atoms with E-state index in [0.29, 0.717) is 5.56 Å². The molecule has 1 aromatic heterocycles. The lowest BCUT2D eigenvalue weighted by molar-refractivity contribution is 0.0127. The van der Waals surface area contributed by atoms with Crippen molar-refractivity contribution >= 4 is 5.78 Å². The number of nitrogens with zero attached hydrogens (tertiary/aromatic N) is 1. The Labute approximate surface area is 74.6 Å². The normalized spacial score (nSPS) is 11.4. The first-order valence-electron chi connectivity index (χ1n) is 3.76. The van der Waals surface area contributed by atoms with Crippen molar-refractivity contribution in [3.8, 4) is 0 Å². The number of Topliss-reactive ketones (excluding diaryl/α,β-unsaturated/α-hetero) is 1. The molecular weight excluding hydrogens is 176 g/mol. The van der Waals surface area contributed by atoms with Crippen molar-refractivity contribution in [1.29, 1.82) is 0 Å². The van der Waals surface area contributed by atoms with Crippen molar-refractivity contribution in [2.75, 3.05) is 0 Å². The Kier molecular flexibility index (Phi) is 2.40. The van der Waals surface area contributed by atoms with E-state index in [1.165, 1.54) is 13.0 Å². The number of aromatic nitrogens is 1. The molecule has 0 amide bonds. The van der Waals surface area contributed by atoms with E-state index >= 15 is 0 Å². The highest BCUT2D eigenvalue weighted by atomic mass is 19.3. The van der Waals surface area contributed by atoms with Gasteiger partial charge in [0.15, 0.2) is 5.78 Å². The zero-order valence-corrected chi connectivity index (χ0v) is 7.34. The van der Waals surface area contributed by atoms with Crippen LogP contribution in [0.25, 0.3) is 0 Å². The topological polar surface area (TPSA) is 30.0 Å². The average Bonchev–Trinajstić information content (AvgIpc) is 2.03. The van der Waals surface area contributed by atoms with Crippen LogP contribution in [0.3, 0.4) is 0 Å². The molecule has 1 aromatic rings. The van der Waals surface area contributed by atoms with Gasteiger partial charge in [0.25, 0.3) is 5.92 Å². The highest BCUT2D eigenvalue weighted by Crippen LogP contribution is 2.24. The van der Waals surface area contributed by atoms with Crippen LogP contribution in [0.2, 0.25) is 0 Å². The molecule has 1 heterocycles. The molecule has 0 aromatic carbocycles. The van der Waals surface area contributed by atoms with Crippen LogP contribution in [-0.4, -0.2) is 10.8 Å². The Morgan fingerprint density at radius 2 is 2.08 bits per heavy atom. The molecule has 0 aliphatic heterocycles. The van der Waals surface area contributed by atoms with Gasteiger partial charge < -0.3 is 0 Å². The summed E-state index contributed by atoms with van der Waals surface area (Å²) in [7, 11) is 0. The van der Waals surface area contributed by atoms with Crippen molar-refractivity contribution in [2.24, 2.45) is 0 Å². The quantitative estimate of drug-likeness (QED) is 0.662. The van der Waals surface area contributed by atoms with Gasteiger partial charge in [-0.1, -0.05) is 0 Å². The molecule has 0 bridgehead atoms. The van der Waals surface area contributed by atoms with E-state index in [-0.39, 0.29) is 11.5 Å². The lowest BCUT2D eigenvalue weighted by atomic mass is 10.1. The molecule has 0 saturated carbocycles. The van der Waals surface area contributed by atoms with Crippen LogP contribution < -0.4 is 0 Å². The van der Waals surface area contributed by atoms with Crippen LogP contribution in [0, 0.1) is 0 Å². The Hall–Kier alpha value is -1.32. The van der Waals surface area contributed by atoms with Crippen LogP contribution in [0.15, 0.2) is 18.3 Å². The SMILES string of the molecule is CC(=O)c1ccc(C(C)(F)F)nc1. The third-order valence-corrected chi connectivity index (χ3v) is 1.62. The Morgan fingerprint density at radius 1 is 1.46 bits per heavy atom. The average molecular weight is 185 g/mol. The molecule has 13 heavy (non-hydrogen) atoms.